The van der Waals surface area contributed by atoms with Crippen molar-refractivity contribution in [3.8, 4) is 0 Å². The quantitative estimate of drug-likeness (QED) is 0.233. The lowest BCUT2D eigenvalue weighted by atomic mass is 10.6. The first-order chi connectivity index (χ1) is 5.00. The first-order valence-corrected chi connectivity index (χ1v) is 2.44. The Hall–Kier alpha value is -1.47. The second kappa shape index (κ2) is 3.64. The number of hydrogen-bond donors (Lipinski definition) is 3. The van der Waals surface area contributed by atoms with Crippen LogP contribution in [0.2, 0.25) is 0 Å². The van der Waals surface area contributed by atoms with Gasteiger partial charge in [0.05, 0.1) is 0 Å². The number of aldehydes is 1. The van der Waals surface area contributed by atoms with Gasteiger partial charge in [0.25, 0.3) is 5.91 Å². The molecule has 0 fully saturated rings. The Labute approximate surface area is 61.0 Å². The summed E-state index contributed by atoms with van der Waals surface area (Å²) >= 11 is 0. The molecule has 0 unspecified atom stereocenters. The minimum atomic E-state index is -2.38. The Morgan fingerprint density at radius 1 is 1.45 bits per heavy atom. The van der Waals surface area contributed by atoms with Crippen LogP contribution in [0.3, 0.4) is 0 Å². The van der Waals surface area contributed by atoms with E-state index in [-0.39, 0.29) is 11.2 Å². The largest absolute Gasteiger partial charge is 0.351 e. The number of aliphatic hydroxyl groups excluding tert-OH is 1. The van der Waals surface area contributed by atoms with Gasteiger partial charge in [-0.15, -0.1) is 0 Å². The maximum absolute atomic E-state index is 10.3. The molecule has 0 saturated carbocycles. The van der Waals surface area contributed by atoms with E-state index in [1.807, 2.05) is 0 Å². The molecular weight excluding hydrogens is 156 g/mol. The van der Waals surface area contributed by atoms with Crippen LogP contribution >= 0.6 is 0 Å². The Bertz CT molecular complexity index is 189. The summed E-state index contributed by atoms with van der Waals surface area (Å²) in [5, 5.41) is 16.6. The number of amides is 3. The second-order valence-corrected chi connectivity index (χ2v) is 1.51. The van der Waals surface area contributed by atoms with Crippen LogP contribution in [0.15, 0.2) is 0 Å². The molecular formula is C4H6N2O5. The Morgan fingerprint density at radius 2 is 1.91 bits per heavy atom. The highest BCUT2D eigenvalue weighted by Crippen LogP contribution is 1.91. The summed E-state index contributed by atoms with van der Waals surface area (Å²) < 4.78 is 0. The van der Waals surface area contributed by atoms with Crippen molar-refractivity contribution in [2.24, 2.45) is 5.73 Å². The Balaban J connectivity index is 4.46. The van der Waals surface area contributed by atoms with Gasteiger partial charge in [-0.25, -0.2) is 9.69 Å². The molecule has 0 aromatic carbocycles. The number of rotatable bonds is 2. The van der Waals surface area contributed by atoms with Gasteiger partial charge in [0.2, 0.25) is 12.7 Å². The predicted molar refractivity (Wildman–Crippen MR) is 30.7 cm³/mol. The normalized spacial score (nSPS) is 9.36. The molecule has 0 aliphatic heterocycles. The molecule has 0 saturated heterocycles. The number of hydrogen-bond acceptors (Lipinski definition) is 5. The number of nitrogens with zero attached hydrogens (tertiary/aromatic N) is 1. The van der Waals surface area contributed by atoms with E-state index < -0.39 is 18.4 Å². The van der Waals surface area contributed by atoms with Crippen LogP contribution in [0.5, 0.6) is 0 Å². The van der Waals surface area contributed by atoms with Crippen LogP contribution in [0.1, 0.15) is 0 Å². The van der Waals surface area contributed by atoms with Gasteiger partial charge in [-0.05, 0) is 0 Å². The average Bonchev–Trinajstić information content (AvgIpc) is 1.85. The Morgan fingerprint density at radius 3 is 2.00 bits per heavy atom. The van der Waals surface area contributed by atoms with Gasteiger partial charge in [-0.3, -0.25) is 9.59 Å². The van der Waals surface area contributed by atoms with Gasteiger partial charge in [0.1, 0.15) is 0 Å². The number of imide groups is 1. The highest BCUT2D eigenvalue weighted by atomic mass is 16.5. The third-order valence-electron chi connectivity index (χ3n) is 0.807. The summed E-state index contributed by atoms with van der Waals surface area (Å²) in [4.78, 5) is 30.1. The van der Waals surface area contributed by atoms with Crippen LogP contribution in [0.25, 0.3) is 0 Å². The molecule has 0 spiro atoms. The summed E-state index contributed by atoms with van der Waals surface area (Å²) in [6.07, 6.45) is -2.64. The second-order valence-electron chi connectivity index (χ2n) is 1.51. The van der Waals surface area contributed by atoms with Gasteiger partial charge in [-0.1, -0.05) is 0 Å². The van der Waals surface area contributed by atoms with E-state index >= 15 is 0 Å². The van der Waals surface area contributed by atoms with E-state index in [0.29, 0.717) is 0 Å². The third-order valence-corrected chi connectivity index (χ3v) is 0.807. The van der Waals surface area contributed by atoms with E-state index in [4.69, 9.17) is 10.2 Å². The highest BCUT2D eigenvalue weighted by molar-refractivity contribution is 6.27. The van der Waals surface area contributed by atoms with Crippen LogP contribution in [0, 0.1) is 0 Å². The zero-order valence-corrected chi connectivity index (χ0v) is 5.30. The average molecular weight is 162 g/mol. The number of primary amides is 1. The molecule has 0 aliphatic rings. The van der Waals surface area contributed by atoms with E-state index in [1.54, 1.807) is 0 Å². The van der Waals surface area contributed by atoms with Crippen molar-refractivity contribution in [1.82, 2.24) is 4.90 Å². The fraction of sp³-hybridized carbons (Fsp3) is 0.250. The topological polar surface area (TPSA) is 121 Å². The molecule has 0 radical (unpaired) electrons. The van der Waals surface area contributed by atoms with Crippen molar-refractivity contribution in [2.45, 2.75) is 6.41 Å². The highest BCUT2D eigenvalue weighted by Gasteiger charge is 2.23. The number of nitrogens with two attached hydrogens (primary N) is 1. The van der Waals surface area contributed by atoms with E-state index in [0.717, 1.165) is 0 Å². The molecule has 0 rings (SSSR count). The first-order valence-electron chi connectivity index (χ1n) is 2.44. The van der Waals surface area contributed by atoms with Crippen molar-refractivity contribution in [3.05, 3.63) is 0 Å². The van der Waals surface area contributed by atoms with E-state index in [9.17, 15) is 14.4 Å². The summed E-state index contributed by atoms with van der Waals surface area (Å²) in [6, 6.07) is -1.41. The molecule has 7 heteroatoms. The fourth-order valence-electron chi connectivity index (χ4n) is 0.393. The number of carbonyl (C=O) groups is 3. The van der Waals surface area contributed by atoms with E-state index in [2.05, 4.69) is 5.73 Å². The van der Waals surface area contributed by atoms with Crippen molar-refractivity contribution < 1.29 is 24.6 Å². The van der Waals surface area contributed by atoms with Gasteiger partial charge in [-0.2, -0.15) is 0 Å². The molecule has 0 aromatic rings. The number of carbonyl (C=O) groups excluding carboxylic acids is 3. The van der Waals surface area contributed by atoms with Crippen molar-refractivity contribution >= 4 is 18.2 Å². The summed E-state index contributed by atoms with van der Waals surface area (Å²) in [5.74, 6) is -1.41. The molecule has 0 aliphatic carbocycles. The first kappa shape index (κ1) is 9.53. The molecule has 11 heavy (non-hydrogen) atoms. The molecule has 0 aromatic heterocycles. The van der Waals surface area contributed by atoms with E-state index in [1.165, 1.54) is 0 Å². The monoisotopic (exact) mass is 162 g/mol. The zero-order chi connectivity index (χ0) is 9.02. The minimum Gasteiger partial charge on any atom is -0.351 e. The lowest BCUT2D eigenvalue weighted by Crippen LogP contribution is -2.48. The Kier molecular flexibility index (Phi) is 3.15. The molecule has 0 heterocycles. The van der Waals surface area contributed by atoms with Crippen LogP contribution < -0.4 is 5.73 Å². The maximum atomic E-state index is 10.3. The summed E-state index contributed by atoms with van der Waals surface area (Å²) in [5.41, 5.74) is 4.50. The number of aliphatic hydroxyl groups is 2. The molecule has 7 nitrogen and oxygen atoms in total. The van der Waals surface area contributed by atoms with Crippen molar-refractivity contribution in [3.63, 3.8) is 0 Å². The molecule has 0 bridgehead atoms. The molecule has 3 amide bonds. The van der Waals surface area contributed by atoms with Gasteiger partial charge in [0.15, 0.2) is 0 Å². The lowest BCUT2D eigenvalue weighted by molar-refractivity contribution is -0.164. The van der Waals surface area contributed by atoms with Crippen LogP contribution in [-0.2, 0) is 9.59 Å². The minimum absolute atomic E-state index is 0.201. The van der Waals surface area contributed by atoms with Crippen molar-refractivity contribution in [1.29, 1.82) is 0 Å². The lowest BCUT2D eigenvalue weighted by Gasteiger charge is -2.16. The maximum Gasteiger partial charge on any atom is 0.325 e. The van der Waals surface area contributed by atoms with Gasteiger partial charge in [0, 0.05) is 0 Å². The molecule has 4 N–H and O–H groups in total. The predicted octanol–water partition coefficient (Wildman–Crippen LogP) is -2.64. The summed E-state index contributed by atoms with van der Waals surface area (Å²) in [6.45, 7) is 0. The molecule has 0 atom stereocenters. The number of urea groups is 1. The summed E-state index contributed by atoms with van der Waals surface area (Å²) in [7, 11) is 0. The SMILES string of the molecule is NC(=O)N(C(=O)C=O)C(O)O. The van der Waals surface area contributed by atoms with Gasteiger partial charge < -0.3 is 15.9 Å². The van der Waals surface area contributed by atoms with Crippen molar-refractivity contribution in [2.75, 3.05) is 0 Å². The fourth-order valence-corrected chi connectivity index (χ4v) is 0.393. The standard InChI is InChI=1S/C4H6N2O5/c5-3(9)6(4(10)11)2(8)1-7/h1,4,10-11H,(H2,5,9). The van der Waals surface area contributed by atoms with Crippen LogP contribution in [0.4, 0.5) is 4.79 Å². The zero-order valence-electron chi connectivity index (χ0n) is 5.30. The smallest absolute Gasteiger partial charge is 0.325 e. The van der Waals surface area contributed by atoms with Gasteiger partial charge >= 0.3 is 6.03 Å². The molecule has 62 valence electrons. The van der Waals surface area contributed by atoms with Crippen LogP contribution in [-0.4, -0.2) is 39.8 Å². The third kappa shape index (κ3) is 2.32.